The molecule has 0 radical (unpaired) electrons. The number of hydrogen-bond donors (Lipinski definition) is 1. The number of carbonyl (C=O) groups is 1. The molecular weight excluding hydrogens is 270 g/mol. The van der Waals surface area contributed by atoms with Crippen LogP contribution >= 0.6 is 15.9 Å². The van der Waals surface area contributed by atoms with Crippen molar-refractivity contribution in [2.24, 2.45) is 0 Å². The summed E-state index contributed by atoms with van der Waals surface area (Å²) in [5.41, 5.74) is 1.00. The molecule has 0 aliphatic carbocycles. The lowest BCUT2D eigenvalue weighted by molar-refractivity contribution is -0.121. The van der Waals surface area contributed by atoms with E-state index in [0.717, 1.165) is 10.0 Å². The monoisotopic (exact) mass is 285 g/mol. The van der Waals surface area contributed by atoms with E-state index in [1.165, 1.54) is 0 Å². The van der Waals surface area contributed by atoms with Crippen LogP contribution in [0.3, 0.4) is 0 Å². The first-order valence-electron chi connectivity index (χ1n) is 5.14. The highest BCUT2D eigenvalue weighted by molar-refractivity contribution is 9.10. The first kappa shape index (κ1) is 13.2. The molecule has 16 heavy (non-hydrogen) atoms. The number of ether oxygens (including phenoxy) is 1. The van der Waals surface area contributed by atoms with Gasteiger partial charge in [0.15, 0.2) is 0 Å². The van der Waals surface area contributed by atoms with Gasteiger partial charge in [0.25, 0.3) is 0 Å². The normalized spacial score (nSPS) is 12.2. The molecule has 1 aromatic rings. The second kappa shape index (κ2) is 6.66. The molecule has 0 saturated carbocycles. The maximum atomic E-state index is 11.6. The average molecular weight is 286 g/mol. The predicted molar refractivity (Wildman–Crippen MR) is 67.3 cm³/mol. The number of halogens is 1. The first-order chi connectivity index (χ1) is 7.61. The van der Waals surface area contributed by atoms with Crippen LogP contribution in [0.1, 0.15) is 12.5 Å². The van der Waals surface area contributed by atoms with Crippen molar-refractivity contribution in [1.82, 2.24) is 5.32 Å². The third-order valence-electron chi connectivity index (χ3n) is 2.10. The molecule has 1 N–H and O–H groups in total. The minimum atomic E-state index is 0.0203. The van der Waals surface area contributed by atoms with Crippen LogP contribution in [0.4, 0.5) is 0 Å². The zero-order chi connectivity index (χ0) is 12.0. The molecule has 0 fully saturated rings. The fraction of sp³-hybridized carbons (Fsp3) is 0.417. The molecule has 3 nitrogen and oxygen atoms in total. The van der Waals surface area contributed by atoms with Crippen LogP contribution in [0.25, 0.3) is 0 Å². The number of methoxy groups -OCH3 is 1. The van der Waals surface area contributed by atoms with Crippen molar-refractivity contribution in [3.8, 4) is 0 Å². The zero-order valence-corrected chi connectivity index (χ0v) is 11.1. The van der Waals surface area contributed by atoms with E-state index in [9.17, 15) is 4.79 Å². The number of amides is 1. The van der Waals surface area contributed by atoms with Crippen LogP contribution in [0.5, 0.6) is 0 Å². The van der Waals surface area contributed by atoms with Crippen molar-refractivity contribution >= 4 is 21.8 Å². The van der Waals surface area contributed by atoms with Crippen LogP contribution in [0.15, 0.2) is 28.7 Å². The van der Waals surface area contributed by atoms with Gasteiger partial charge in [-0.05, 0) is 24.6 Å². The second-order valence-corrected chi connectivity index (χ2v) is 4.64. The molecule has 1 amide bonds. The third kappa shape index (κ3) is 4.77. The van der Waals surface area contributed by atoms with Gasteiger partial charge in [-0.3, -0.25) is 4.79 Å². The molecule has 0 heterocycles. The Morgan fingerprint density at radius 1 is 1.44 bits per heavy atom. The zero-order valence-electron chi connectivity index (χ0n) is 9.50. The quantitative estimate of drug-likeness (QED) is 0.900. The van der Waals surface area contributed by atoms with Crippen LogP contribution in [0, 0.1) is 0 Å². The van der Waals surface area contributed by atoms with E-state index in [1.54, 1.807) is 7.11 Å². The Hall–Kier alpha value is -0.870. The van der Waals surface area contributed by atoms with Gasteiger partial charge < -0.3 is 10.1 Å². The van der Waals surface area contributed by atoms with Gasteiger partial charge in [-0.2, -0.15) is 0 Å². The Morgan fingerprint density at radius 2 is 2.06 bits per heavy atom. The summed E-state index contributed by atoms with van der Waals surface area (Å²) in [5.74, 6) is 0.0203. The van der Waals surface area contributed by atoms with Crippen molar-refractivity contribution in [1.29, 1.82) is 0 Å². The Labute approximate surface area is 104 Å². The molecule has 0 aromatic heterocycles. The van der Waals surface area contributed by atoms with Crippen molar-refractivity contribution in [3.63, 3.8) is 0 Å². The van der Waals surface area contributed by atoms with E-state index >= 15 is 0 Å². The average Bonchev–Trinajstić information content (AvgIpc) is 2.21. The van der Waals surface area contributed by atoms with E-state index in [4.69, 9.17) is 4.74 Å². The van der Waals surface area contributed by atoms with Crippen LogP contribution < -0.4 is 5.32 Å². The van der Waals surface area contributed by atoms with Crippen LogP contribution in [0.2, 0.25) is 0 Å². The summed E-state index contributed by atoms with van der Waals surface area (Å²) in [6, 6.07) is 7.78. The predicted octanol–water partition coefficient (Wildman–Crippen LogP) is 2.14. The van der Waals surface area contributed by atoms with Gasteiger partial charge in [-0.15, -0.1) is 0 Å². The molecule has 0 saturated heterocycles. The lowest BCUT2D eigenvalue weighted by atomic mass is 10.1. The molecule has 0 aliphatic rings. The molecule has 0 unspecified atom stereocenters. The summed E-state index contributed by atoms with van der Waals surface area (Å²) in [5, 5.41) is 2.87. The minimum Gasteiger partial charge on any atom is -0.383 e. The molecule has 1 aromatic carbocycles. The van der Waals surface area contributed by atoms with Crippen LogP contribution in [-0.4, -0.2) is 25.7 Å². The molecule has 4 heteroatoms. The Kier molecular flexibility index (Phi) is 5.49. The minimum absolute atomic E-state index is 0.0203. The lowest BCUT2D eigenvalue weighted by Gasteiger charge is -2.12. The largest absolute Gasteiger partial charge is 0.383 e. The maximum Gasteiger partial charge on any atom is 0.224 e. The summed E-state index contributed by atoms with van der Waals surface area (Å²) in [4.78, 5) is 11.6. The van der Waals surface area contributed by atoms with E-state index in [1.807, 2.05) is 31.2 Å². The number of nitrogens with one attached hydrogen (secondary N) is 1. The van der Waals surface area contributed by atoms with E-state index in [-0.39, 0.29) is 11.9 Å². The second-order valence-electron chi connectivity index (χ2n) is 3.73. The van der Waals surface area contributed by atoms with E-state index < -0.39 is 0 Å². The summed E-state index contributed by atoms with van der Waals surface area (Å²) >= 11 is 3.36. The molecule has 1 atom stereocenters. The van der Waals surface area contributed by atoms with E-state index in [0.29, 0.717) is 13.0 Å². The Bertz CT molecular complexity index is 337. The van der Waals surface area contributed by atoms with Crippen LogP contribution in [-0.2, 0) is 16.0 Å². The van der Waals surface area contributed by atoms with Gasteiger partial charge in [0.1, 0.15) is 0 Å². The summed E-state index contributed by atoms with van der Waals surface area (Å²) in [7, 11) is 1.62. The fourth-order valence-electron chi connectivity index (χ4n) is 1.41. The third-order valence-corrected chi connectivity index (χ3v) is 2.63. The Balaban J connectivity index is 2.42. The number of hydrogen-bond acceptors (Lipinski definition) is 2. The number of carbonyl (C=O) groups excluding carboxylic acids is 1. The first-order valence-corrected chi connectivity index (χ1v) is 5.94. The number of rotatable bonds is 5. The van der Waals surface area contributed by atoms with Crippen molar-refractivity contribution in [2.45, 2.75) is 19.4 Å². The maximum absolute atomic E-state index is 11.6. The smallest absolute Gasteiger partial charge is 0.224 e. The topological polar surface area (TPSA) is 38.3 Å². The standard InChI is InChI=1S/C12H16BrNO2/c1-9(8-16-2)14-12(15)7-10-3-5-11(13)6-4-10/h3-6,9H,7-8H2,1-2H3,(H,14,15)/t9-/m1/s1. The molecular formula is C12H16BrNO2. The summed E-state index contributed by atoms with van der Waals surface area (Å²) in [6.07, 6.45) is 0.404. The molecule has 0 spiro atoms. The van der Waals surface area contributed by atoms with Gasteiger partial charge >= 0.3 is 0 Å². The fourth-order valence-corrected chi connectivity index (χ4v) is 1.67. The van der Waals surface area contributed by atoms with Gasteiger partial charge in [0, 0.05) is 17.6 Å². The summed E-state index contributed by atoms with van der Waals surface area (Å²) in [6.45, 7) is 2.45. The van der Waals surface area contributed by atoms with Crippen molar-refractivity contribution in [3.05, 3.63) is 34.3 Å². The Morgan fingerprint density at radius 3 is 2.62 bits per heavy atom. The summed E-state index contributed by atoms with van der Waals surface area (Å²) < 4.78 is 5.97. The van der Waals surface area contributed by atoms with Gasteiger partial charge in [-0.1, -0.05) is 28.1 Å². The highest BCUT2D eigenvalue weighted by atomic mass is 79.9. The molecule has 0 bridgehead atoms. The molecule has 88 valence electrons. The highest BCUT2D eigenvalue weighted by Crippen LogP contribution is 2.10. The van der Waals surface area contributed by atoms with Crippen molar-refractivity contribution < 1.29 is 9.53 Å². The van der Waals surface area contributed by atoms with Gasteiger partial charge in [0.05, 0.1) is 13.0 Å². The number of benzene rings is 1. The molecule has 1 rings (SSSR count). The lowest BCUT2D eigenvalue weighted by Crippen LogP contribution is -2.36. The van der Waals surface area contributed by atoms with Gasteiger partial charge in [-0.25, -0.2) is 0 Å². The van der Waals surface area contributed by atoms with Gasteiger partial charge in [0.2, 0.25) is 5.91 Å². The van der Waals surface area contributed by atoms with Crippen molar-refractivity contribution in [2.75, 3.05) is 13.7 Å². The highest BCUT2D eigenvalue weighted by Gasteiger charge is 2.07. The van der Waals surface area contributed by atoms with E-state index in [2.05, 4.69) is 21.2 Å². The SMILES string of the molecule is COC[C@@H](C)NC(=O)Cc1ccc(Br)cc1. The molecule has 0 aliphatic heterocycles.